The van der Waals surface area contributed by atoms with Gasteiger partial charge < -0.3 is 5.11 Å². The molecule has 0 bridgehead atoms. The molecule has 1 fully saturated rings. The van der Waals surface area contributed by atoms with Crippen molar-refractivity contribution < 1.29 is 5.11 Å². The third-order valence-corrected chi connectivity index (χ3v) is 2.79. The minimum atomic E-state index is -0.324. The van der Waals surface area contributed by atoms with Gasteiger partial charge in [0.05, 0.1) is 12.1 Å². The summed E-state index contributed by atoms with van der Waals surface area (Å²) in [6.07, 6.45) is 5.46. The first-order chi connectivity index (χ1) is 4.88. The van der Waals surface area contributed by atoms with E-state index in [-0.39, 0.29) is 12.1 Å². The van der Waals surface area contributed by atoms with Gasteiger partial charge in [-0.25, -0.2) is 0 Å². The van der Waals surface area contributed by atoms with Gasteiger partial charge in [0.2, 0.25) is 0 Å². The van der Waals surface area contributed by atoms with E-state index in [0.717, 1.165) is 5.88 Å². The first-order valence-electron chi connectivity index (χ1n) is 3.30. The predicted octanol–water partition coefficient (Wildman–Crippen LogP) is 0.463. The average molecular weight is 155 g/mol. The van der Waals surface area contributed by atoms with E-state index in [1.54, 1.807) is 11.8 Å². The van der Waals surface area contributed by atoms with E-state index in [0.29, 0.717) is 0 Å². The fraction of sp³-hybridized carbons (Fsp3) is 0.429. The predicted molar refractivity (Wildman–Crippen MR) is 42.6 cm³/mol. The molecule has 0 aromatic rings. The fourth-order valence-electron chi connectivity index (χ4n) is 1.22. The molecule has 0 radical (unpaired) electrons. The summed E-state index contributed by atoms with van der Waals surface area (Å²) in [6.45, 7) is 0. The molecule has 1 saturated heterocycles. The van der Waals surface area contributed by atoms with Crippen LogP contribution in [0.4, 0.5) is 0 Å². The molecule has 1 aliphatic carbocycles. The van der Waals surface area contributed by atoms with Crippen LogP contribution in [-0.4, -0.2) is 23.1 Å². The first-order valence-corrected chi connectivity index (χ1v) is 4.29. The number of nitrogens with one attached hydrogen (secondary N) is 1. The number of thioether (sulfide) groups is 1. The van der Waals surface area contributed by atoms with Crippen LogP contribution in [0.2, 0.25) is 0 Å². The standard InChI is InChI=1S/C7H9NOS/c9-5-2-1-3-6-7(5)8-4-10-6/h1-3,5,7-9H,4H2. The molecule has 3 heteroatoms. The van der Waals surface area contributed by atoms with Gasteiger partial charge in [-0.3, -0.25) is 5.32 Å². The van der Waals surface area contributed by atoms with Gasteiger partial charge in [-0.2, -0.15) is 0 Å². The van der Waals surface area contributed by atoms with E-state index in [1.807, 2.05) is 12.2 Å². The van der Waals surface area contributed by atoms with Gasteiger partial charge in [0.1, 0.15) is 0 Å². The van der Waals surface area contributed by atoms with Crippen LogP contribution in [0.3, 0.4) is 0 Å². The second kappa shape index (κ2) is 2.42. The van der Waals surface area contributed by atoms with Gasteiger partial charge in [-0.05, 0) is 0 Å². The zero-order valence-corrected chi connectivity index (χ0v) is 6.27. The van der Waals surface area contributed by atoms with Gasteiger partial charge in [0.15, 0.2) is 0 Å². The van der Waals surface area contributed by atoms with Crippen molar-refractivity contribution in [1.82, 2.24) is 5.32 Å². The molecule has 2 aliphatic rings. The van der Waals surface area contributed by atoms with E-state index < -0.39 is 0 Å². The highest BCUT2D eigenvalue weighted by Gasteiger charge is 2.27. The lowest BCUT2D eigenvalue weighted by molar-refractivity contribution is 0.194. The van der Waals surface area contributed by atoms with Gasteiger partial charge in [0.25, 0.3) is 0 Å². The number of allylic oxidation sites excluding steroid dienone is 2. The Morgan fingerprint density at radius 3 is 3.40 bits per heavy atom. The second-order valence-corrected chi connectivity index (χ2v) is 3.46. The number of fused-ring (bicyclic) bond motifs is 1. The molecular formula is C7H9NOS. The smallest absolute Gasteiger partial charge is 0.0924 e. The molecule has 0 aromatic carbocycles. The summed E-state index contributed by atoms with van der Waals surface area (Å²) < 4.78 is 0. The Balaban J connectivity index is 2.25. The van der Waals surface area contributed by atoms with Crippen LogP contribution in [-0.2, 0) is 0 Å². The maximum atomic E-state index is 9.38. The van der Waals surface area contributed by atoms with Crippen LogP contribution < -0.4 is 5.32 Å². The lowest BCUT2D eigenvalue weighted by atomic mass is 10.1. The van der Waals surface area contributed by atoms with Crippen LogP contribution in [0, 0.1) is 0 Å². The molecule has 1 heterocycles. The second-order valence-electron chi connectivity index (χ2n) is 2.41. The maximum Gasteiger partial charge on any atom is 0.0924 e. The molecule has 2 N–H and O–H groups in total. The zero-order valence-electron chi connectivity index (χ0n) is 5.45. The summed E-state index contributed by atoms with van der Waals surface area (Å²) in [7, 11) is 0. The molecular weight excluding hydrogens is 146 g/mol. The SMILES string of the molecule is OC1C=CC=C2SCNC21. The number of hydrogen-bond acceptors (Lipinski definition) is 3. The lowest BCUT2D eigenvalue weighted by Crippen LogP contribution is -2.35. The molecule has 2 rings (SSSR count). The molecule has 0 amide bonds. The van der Waals surface area contributed by atoms with Crippen molar-refractivity contribution in [3.8, 4) is 0 Å². The Kier molecular flexibility index (Phi) is 1.56. The summed E-state index contributed by atoms with van der Waals surface area (Å²) in [4.78, 5) is 1.26. The van der Waals surface area contributed by atoms with E-state index in [4.69, 9.17) is 0 Å². The quantitative estimate of drug-likeness (QED) is 0.533. The first kappa shape index (κ1) is 6.46. The van der Waals surface area contributed by atoms with Crippen molar-refractivity contribution in [2.75, 3.05) is 5.88 Å². The summed E-state index contributed by atoms with van der Waals surface area (Å²) in [5.41, 5.74) is 0. The Morgan fingerprint density at radius 2 is 2.60 bits per heavy atom. The Morgan fingerprint density at radius 1 is 1.70 bits per heavy atom. The summed E-state index contributed by atoms with van der Waals surface area (Å²) >= 11 is 1.77. The van der Waals surface area contributed by atoms with Gasteiger partial charge in [0, 0.05) is 10.8 Å². The van der Waals surface area contributed by atoms with Crippen molar-refractivity contribution in [1.29, 1.82) is 0 Å². The summed E-state index contributed by atoms with van der Waals surface area (Å²) in [5, 5.41) is 12.6. The van der Waals surface area contributed by atoms with Gasteiger partial charge in [-0.15, -0.1) is 11.8 Å². The van der Waals surface area contributed by atoms with Crippen molar-refractivity contribution in [2.24, 2.45) is 0 Å². The average Bonchev–Trinajstić information content (AvgIpc) is 2.36. The van der Waals surface area contributed by atoms with E-state index >= 15 is 0 Å². The number of rotatable bonds is 0. The molecule has 2 atom stereocenters. The highest BCUT2D eigenvalue weighted by atomic mass is 32.2. The fourth-order valence-corrected chi connectivity index (χ4v) is 2.23. The summed E-state index contributed by atoms with van der Waals surface area (Å²) in [6, 6.07) is 0.176. The van der Waals surface area contributed by atoms with Gasteiger partial charge in [-0.1, -0.05) is 18.2 Å². The third-order valence-electron chi connectivity index (χ3n) is 1.76. The van der Waals surface area contributed by atoms with E-state index in [9.17, 15) is 5.11 Å². The van der Waals surface area contributed by atoms with Crippen molar-refractivity contribution in [3.63, 3.8) is 0 Å². The lowest BCUT2D eigenvalue weighted by Gasteiger charge is -2.18. The number of hydrogen-bond donors (Lipinski definition) is 2. The monoisotopic (exact) mass is 155 g/mol. The van der Waals surface area contributed by atoms with E-state index in [2.05, 4.69) is 11.4 Å². The third kappa shape index (κ3) is 0.905. The topological polar surface area (TPSA) is 32.3 Å². The van der Waals surface area contributed by atoms with Crippen molar-refractivity contribution >= 4 is 11.8 Å². The molecule has 54 valence electrons. The number of aliphatic hydroxyl groups excluding tert-OH is 1. The minimum Gasteiger partial charge on any atom is -0.387 e. The minimum absolute atomic E-state index is 0.176. The Bertz CT molecular complexity index is 200. The summed E-state index contributed by atoms with van der Waals surface area (Å²) in [5.74, 6) is 0.926. The Hall–Kier alpha value is -0.250. The number of aliphatic hydroxyl groups is 1. The Labute approximate surface area is 64.0 Å². The van der Waals surface area contributed by atoms with Crippen LogP contribution in [0.25, 0.3) is 0 Å². The van der Waals surface area contributed by atoms with E-state index in [1.165, 1.54) is 4.91 Å². The van der Waals surface area contributed by atoms with Crippen LogP contribution in [0.5, 0.6) is 0 Å². The van der Waals surface area contributed by atoms with Crippen LogP contribution in [0.1, 0.15) is 0 Å². The van der Waals surface area contributed by atoms with Gasteiger partial charge >= 0.3 is 0 Å². The van der Waals surface area contributed by atoms with Crippen LogP contribution in [0.15, 0.2) is 23.1 Å². The normalized spacial score (nSPS) is 37.5. The highest BCUT2D eigenvalue weighted by molar-refractivity contribution is 8.03. The zero-order chi connectivity index (χ0) is 6.97. The molecule has 2 nitrogen and oxygen atoms in total. The maximum absolute atomic E-state index is 9.38. The molecule has 0 aromatic heterocycles. The van der Waals surface area contributed by atoms with Crippen LogP contribution >= 0.6 is 11.8 Å². The molecule has 10 heavy (non-hydrogen) atoms. The molecule has 0 saturated carbocycles. The molecule has 2 unspecified atom stereocenters. The largest absolute Gasteiger partial charge is 0.387 e. The van der Waals surface area contributed by atoms with Crippen molar-refractivity contribution in [3.05, 3.63) is 23.1 Å². The molecule has 0 spiro atoms. The molecule has 1 aliphatic heterocycles. The van der Waals surface area contributed by atoms with Crippen molar-refractivity contribution in [2.45, 2.75) is 12.1 Å². The highest BCUT2D eigenvalue weighted by Crippen LogP contribution is 2.29.